The summed E-state index contributed by atoms with van der Waals surface area (Å²) in [6, 6.07) is 17.7. The molecule has 2 atom stereocenters. The van der Waals surface area contributed by atoms with Crippen molar-refractivity contribution in [3.05, 3.63) is 60.2 Å². The zero-order valence-corrected chi connectivity index (χ0v) is 16.2. The Hall–Kier alpha value is -2.66. The summed E-state index contributed by atoms with van der Waals surface area (Å²) in [5.41, 5.74) is 2.68. The van der Waals surface area contributed by atoms with E-state index in [0.29, 0.717) is 11.6 Å². The number of rotatable bonds is 6. The summed E-state index contributed by atoms with van der Waals surface area (Å²) in [6.07, 6.45) is 0.985. The van der Waals surface area contributed by atoms with Crippen LogP contribution in [0.2, 0.25) is 0 Å². The van der Waals surface area contributed by atoms with Gasteiger partial charge in [0.25, 0.3) is 5.91 Å². The van der Waals surface area contributed by atoms with E-state index in [0.717, 1.165) is 12.1 Å². The molecule has 5 heteroatoms. The lowest BCUT2D eigenvalue weighted by molar-refractivity contribution is -0.714. The summed E-state index contributed by atoms with van der Waals surface area (Å²) in [6.45, 7) is 6.38. The topological polar surface area (TPSA) is 66.0 Å². The summed E-state index contributed by atoms with van der Waals surface area (Å²) < 4.78 is 0. The maximum Gasteiger partial charge on any atom is 0.285 e. The van der Waals surface area contributed by atoms with Crippen LogP contribution in [0.4, 0.5) is 11.4 Å². The molecule has 0 aromatic heterocycles. The SMILES string of the molecule is CC(C)C[C@H]([NH2+][C@H](C)C(=O)N1CC(=O)Nc2ccccc21)c1ccccc1. The summed E-state index contributed by atoms with van der Waals surface area (Å²) >= 11 is 0. The Labute approximate surface area is 160 Å². The van der Waals surface area contributed by atoms with Crippen LogP contribution in [0.15, 0.2) is 54.6 Å². The maximum absolute atomic E-state index is 13.2. The lowest BCUT2D eigenvalue weighted by Crippen LogP contribution is -2.93. The van der Waals surface area contributed by atoms with E-state index in [-0.39, 0.29) is 30.4 Å². The molecule has 1 aliphatic heterocycles. The molecule has 0 aliphatic carbocycles. The van der Waals surface area contributed by atoms with Gasteiger partial charge in [0.15, 0.2) is 6.04 Å². The number of carbonyl (C=O) groups excluding carboxylic acids is 2. The highest BCUT2D eigenvalue weighted by molar-refractivity contribution is 6.10. The minimum Gasteiger partial charge on any atom is -0.330 e. The quantitative estimate of drug-likeness (QED) is 0.825. The first-order valence-electron chi connectivity index (χ1n) is 9.56. The number of para-hydroxylation sites is 2. The van der Waals surface area contributed by atoms with Gasteiger partial charge in [0.05, 0.1) is 11.4 Å². The first-order valence-corrected chi connectivity index (χ1v) is 9.56. The number of hydrogen-bond donors (Lipinski definition) is 2. The number of benzene rings is 2. The number of hydrogen-bond acceptors (Lipinski definition) is 2. The maximum atomic E-state index is 13.2. The van der Waals surface area contributed by atoms with E-state index in [9.17, 15) is 9.59 Å². The van der Waals surface area contributed by atoms with Crippen molar-refractivity contribution in [2.75, 3.05) is 16.8 Å². The Bertz CT molecular complexity index is 804. The minimum absolute atomic E-state index is 0.0398. The van der Waals surface area contributed by atoms with Crippen molar-refractivity contribution in [3.63, 3.8) is 0 Å². The largest absolute Gasteiger partial charge is 0.330 e. The molecular weight excluding hydrogens is 338 g/mol. The van der Waals surface area contributed by atoms with Crippen molar-refractivity contribution in [3.8, 4) is 0 Å². The van der Waals surface area contributed by atoms with E-state index in [1.54, 1.807) is 4.90 Å². The fourth-order valence-corrected chi connectivity index (χ4v) is 3.64. The number of nitrogens with one attached hydrogen (secondary N) is 1. The number of quaternary nitrogens is 1. The molecule has 2 amide bonds. The number of anilines is 2. The molecule has 142 valence electrons. The molecule has 0 saturated carbocycles. The zero-order valence-electron chi connectivity index (χ0n) is 16.2. The van der Waals surface area contributed by atoms with Gasteiger partial charge in [-0.3, -0.25) is 14.5 Å². The highest BCUT2D eigenvalue weighted by Crippen LogP contribution is 2.29. The molecule has 3 N–H and O–H groups in total. The lowest BCUT2D eigenvalue weighted by atomic mass is 9.96. The standard InChI is InChI=1S/C22H27N3O2/c1-15(2)13-19(17-9-5-4-6-10-17)23-16(3)22(27)25-14-21(26)24-18-11-7-8-12-20(18)25/h4-12,15-16,19,23H,13-14H2,1-3H3,(H,24,26)/p+1/t16-,19+/m1/s1. The molecule has 1 heterocycles. The Morgan fingerprint density at radius 2 is 1.74 bits per heavy atom. The average molecular weight is 366 g/mol. The summed E-state index contributed by atoms with van der Waals surface area (Å²) in [5, 5.41) is 4.97. The van der Waals surface area contributed by atoms with Crippen molar-refractivity contribution in [1.29, 1.82) is 0 Å². The number of carbonyl (C=O) groups is 2. The minimum atomic E-state index is -0.284. The third-order valence-corrected chi connectivity index (χ3v) is 4.90. The van der Waals surface area contributed by atoms with Crippen molar-refractivity contribution in [2.45, 2.75) is 39.3 Å². The first kappa shape index (κ1) is 19.1. The van der Waals surface area contributed by atoms with E-state index >= 15 is 0 Å². The Morgan fingerprint density at radius 1 is 1.07 bits per heavy atom. The van der Waals surface area contributed by atoms with Crippen LogP contribution in [0.5, 0.6) is 0 Å². The van der Waals surface area contributed by atoms with Gasteiger partial charge >= 0.3 is 0 Å². The van der Waals surface area contributed by atoms with E-state index < -0.39 is 0 Å². The molecule has 0 radical (unpaired) electrons. The van der Waals surface area contributed by atoms with Gasteiger partial charge in [-0.15, -0.1) is 0 Å². The van der Waals surface area contributed by atoms with Crippen LogP contribution in [0.1, 0.15) is 38.8 Å². The molecule has 2 aromatic rings. The molecule has 27 heavy (non-hydrogen) atoms. The third kappa shape index (κ3) is 4.55. The Balaban J connectivity index is 1.79. The van der Waals surface area contributed by atoms with Crippen LogP contribution in [0, 0.1) is 5.92 Å². The molecule has 0 spiro atoms. The predicted octanol–water partition coefficient (Wildman–Crippen LogP) is 2.71. The molecule has 3 rings (SSSR count). The monoisotopic (exact) mass is 366 g/mol. The second-order valence-electron chi connectivity index (χ2n) is 7.62. The summed E-state index contributed by atoms with van der Waals surface area (Å²) in [4.78, 5) is 26.8. The average Bonchev–Trinajstić information content (AvgIpc) is 2.66. The first-order chi connectivity index (χ1) is 13.0. The normalized spacial score (nSPS) is 15.9. The van der Waals surface area contributed by atoms with Gasteiger partial charge in [0.1, 0.15) is 12.6 Å². The fourth-order valence-electron chi connectivity index (χ4n) is 3.64. The third-order valence-electron chi connectivity index (χ3n) is 4.90. The fraction of sp³-hybridized carbons (Fsp3) is 0.364. The van der Waals surface area contributed by atoms with Crippen LogP contribution in [0.3, 0.4) is 0 Å². The van der Waals surface area contributed by atoms with Crippen LogP contribution >= 0.6 is 0 Å². The second kappa shape index (κ2) is 8.35. The number of nitrogens with zero attached hydrogens (tertiary/aromatic N) is 1. The zero-order chi connectivity index (χ0) is 19.4. The van der Waals surface area contributed by atoms with Crippen LogP contribution in [-0.2, 0) is 9.59 Å². The molecule has 2 aromatic carbocycles. The van der Waals surface area contributed by atoms with E-state index in [2.05, 4.69) is 36.6 Å². The molecule has 1 aliphatic rings. The molecule has 5 nitrogen and oxygen atoms in total. The van der Waals surface area contributed by atoms with Crippen LogP contribution in [-0.4, -0.2) is 24.4 Å². The second-order valence-corrected chi connectivity index (χ2v) is 7.62. The van der Waals surface area contributed by atoms with E-state index in [1.165, 1.54) is 5.56 Å². The van der Waals surface area contributed by atoms with Crippen molar-refractivity contribution < 1.29 is 14.9 Å². The van der Waals surface area contributed by atoms with Gasteiger partial charge in [0.2, 0.25) is 5.91 Å². The van der Waals surface area contributed by atoms with E-state index in [4.69, 9.17) is 0 Å². The van der Waals surface area contributed by atoms with Crippen molar-refractivity contribution in [2.24, 2.45) is 5.92 Å². The lowest BCUT2D eigenvalue weighted by Gasteiger charge is -2.31. The Morgan fingerprint density at radius 3 is 2.44 bits per heavy atom. The van der Waals surface area contributed by atoms with Gasteiger partial charge in [-0.1, -0.05) is 56.3 Å². The van der Waals surface area contributed by atoms with Crippen molar-refractivity contribution >= 4 is 23.2 Å². The van der Waals surface area contributed by atoms with Gasteiger partial charge in [0, 0.05) is 12.0 Å². The number of amides is 2. The van der Waals surface area contributed by atoms with E-state index in [1.807, 2.05) is 49.4 Å². The highest BCUT2D eigenvalue weighted by atomic mass is 16.2. The molecular formula is C22H28N3O2+. The highest BCUT2D eigenvalue weighted by Gasteiger charge is 2.33. The smallest absolute Gasteiger partial charge is 0.285 e. The molecule has 0 saturated heterocycles. The van der Waals surface area contributed by atoms with Gasteiger partial charge in [-0.25, -0.2) is 0 Å². The van der Waals surface area contributed by atoms with Crippen LogP contribution in [0.25, 0.3) is 0 Å². The van der Waals surface area contributed by atoms with Crippen molar-refractivity contribution in [1.82, 2.24) is 0 Å². The molecule has 0 unspecified atom stereocenters. The van der Waals surface area contributed by atoms with Gasteiger partial charge < -0.3 is 10.6 Å². The van der Waals surface area contributed by atoms with Gasteiger partial charge in [-0.05, 0) is 25.0 Å². The molecule has 0 fully saturated rings. The molecule has 0 bridgehead atoms. The van der Waals surface area contributed by atoms with Crippen LogP contribution < -0.4 is 15.5 Å². The summed E-state index contributed by atoms with van der Waals surface area (Å²) in [5.74, 6) is 0.327. The van der Waals surface area contributed by atoms with Gasteiger partial charge in [-0.2, -0.15) is 0 Å². The predicted molar refractivity (Wildman–Crippen MR) is 107 cm³/mol. The Kier molecular flexibility index (Phi) is 5.91. The number of nitrogens with two attached hydrogens (primary N) is 1. The number of fused-ring (bicyclic) bond motifs is 1. The summed E-state index contributed by atoms with van der Waals surface area (Å²) in [7, 11) is 0.